The van der Waals surface area contributed by atoms with Crippen LogP contribution in [0.15, 0.2) is 24.3 Å². The van der Waals surface area contributed by atoms with Gasteiger partial charge in [0.25, 0.3) is 0 Å². The summed E-state index contributed by atoms with van der Waals surface area (Å²) in [6, 6.07) is 6.26. The second-order valence-corrected chi connectivity index (χ2v) is 5.61. The molecule has 1 aromatic rings. The van der Waals surface area contributed by atoms with Gasteiger partial charge in [0.2, 0.25) is 0 Å². The van der Waals surface area contributed by atoms with Gasteiger partial charge < -0.3 is 10.2 Å². The van der Waals surface area contributed by atoms with E-state index in [0.717, 1.165) is 32.0 Å². The number of hydrogen-bond donors (Lipinski definition) is 1. The molecule has 0 aliphatic heterocycles. The zero-order valence-electron chi connectivity index (χ0n) is 13.0. The van der Waals surface area contributed by atoms with Crippen molar-refractivity contribution in [1.82, 2.24) is 10.2 Å². The minimum Gasteiger partial charge on any atom is -0.313 e. The average Bonchev–Trinajstić information content (AvgIpc) is 2.41. The van der Waals surface area contributed by atoms with Crippen LogP contribution in [0.25, 0.3) is 0 Å². The standard InChI is InChI=1S/C16H25F3N2/c1-13(2)21(3)11-7-6-10-20-12-14-8-4-5-9-15(14)16(17,18)19/h4-5,8-9,13,20H,6-7,10-12H2,1-3H3. The number of benzene rings is 1. The molecular weight excluding hydrogens is 277 g/mol. The van der Waals surface area contributed by atoms with Gasteiger partial charge in [0.1, 0.15) is 0 Å². The fourth-order valence-electron chi connectivity index (χ4n) is 2.04. The summed E-state index contributed by atoms with van der Waals surface area (Å²) in [5, 5.41) is 3.10. The molecular formula is C16H25F3N2. The second-order valence-electron chi connectivity index (χ2n) is 5.61. The highest BCUT2D eigenvalue weighted by Gasteiger charge is 2.32. The summed E-state index contributed by atoms with van der Waals surface area (Å²) in [5.41, 5.74) is -0.235. The van der Waals surface area contributed by atoms with Crippen molar-refractivity contribution in [1.29, 1.82) is 0 Å². The lowest BCUT2D eigenvalue weighted by Gasteiger charge is -2.20. The Kier molecular flexibility index (Phi) is 7.18. The number of unbranched alkanes of at least 4 members (excludes halogenated alkanes) is 1. The van der Waals surface area contributed by atoms with Crippen LogP contribution in [0, 0.1) is 0 Å². The lowest BCUT2D eigenvalue weighted by atomic mass is 10.1. The van der Waals surface area contributed by atoms with Crippen molar-refractivity contribution in [2.75, 3.05) is 20.1 Å². The first-order valence-electron chi connectivity index (χ1n) is 7.38. The molecule has 120 valence electrons. The largest absolute Gasteiger partial charge is 0.416 e. The Labute approximate surface area is 125 Å². The van der Waals surface area contributed by atoms with E-state index in [1.807, 2.05) is 0 Å². The third-order valence-corrected chi connectivity index (χ3v) is 3.63. The fourth-order valence-corrected chi connectivity index (χ4v) is 2.04. The molecule has 0 aliphatic rings. The van der Waals surface area contributed by atoms with Gasteiger partial charge in [-0.15, -0.1) is 0 Å². The summed E-state index contributed by atoms with van der Waals surface area (Å²) in [6.07, 6.45) is -2.27. The van der Waals surface area contributed by atoms with E-state index in [1.54, 1.807) is 6.07 Å². The van der Waals surface area contributed by atoms with Crippen molar-refractivity contribution in [2.45, 2.75) is 45.5 Å². The van der Waals surface area contributed by atoms with E-state index < -0.39 is 11.7 Å². The van der Waals surface area contributed by atoms with Crippen molar-refractivity contribution < 1.29 is 13.2 Å². The van der Waals surface area contributed by atoms with E-state index in [4.69, 9.17) is 0 Å². The van der Waals surface area contributed by atoms with E-state index in [-0.39, 0.29) is 6.54 Å². The Balaban J connectivity index is 2.31. The summed E-state index contributed by atoms with van der Waals surface area (Å²) in [4.78, 5) is 2.26. The maximum Gasteiger partial charge on any atom is 0.416 e. The van der Waals surface area contributed by atoms with Crippen LogP contribution in [-0.2, 0) is 12.7 Å². The summed E-state index contributed by atoms with van der Waals surface area (Å²) < 4.78 is 38.4. The second kappa shape index (κ2) is 8.39. The third kappa shape index (κ3) is 6.48. The van der Waals surface area contributed by atoms with Crippen LogP contribution in [-0.4, -0.2) is 31.1 Å². The minimum absolute atomic E-state index is 0.260. The summed E-state index contributed by atoms with van der Waals surface area (Å²) in [7, 11) is 2.08. The number of hydrogen-bond acceptors (Lipinski definition) is 2. The highest BCUT2D eigenvalue weighted by atomic mass is 19.4. The molecule has 0 bridgehead atoms. The van der Waals surface area contributed by atoms with Gasteiger partial charge in [0.15, 0.2) is 0 Å². The van der Waals surface area contributed by atoms with Gasteiger partial charge in [0, 0.05) is 12.6 Å². The van der Waals surface area contributed by atoms with Gasteiger partial charge in [-0.05, 0) is 58.5 Å². The van der Waals surface area contributed by atoms with Gasteiger partial charge in [-0.2, -0.15) is 13.2 Å². The first kappa shape index (κ1) is 18.0. The molecule has 0 spiro atoms. The highest BCUT2D eigenvalue weighted by Crippen LogP contribution is 2.31. The van der Waals surface area contributed by atoms with Crippen LogP contribution in [0.2, 0.25) is 0 Å². The van der Waals surface area contributed by atoms with Crippen LogP contribution < -0.4 is 5.32 Å². The van der Waals surface area contributed by atoms with Crippen LogP contribution in [0.5, 0.6) is 0 Å². The molecule has 2 nitrogen and oxygen atoms in total. The van der Waals surface area contributed by atoms with Crippen LogP contribution in [0.4, 0.5) is 13.2 Å². The van der Waals surface area contributed by atoms with Crippen LogP contribution in [0.3, 0.4) is 0 Å². The lowest BCUT2D eigenvalue weighted by Crippen LogP contribution is -2.28. The number of halogens is 3. The normalized spacial score (nSPS) is 12.4. The van der Waals surface area contributed by atoms with Crippen molar-refractivity contribution in [3.63, 3.8) is 0 Å². The summed E-state index contributed by atoms with van der Waals surface area (Å²) >= 11 is 0. The Bertz CT molecular complexity index is 416. The molecule has 0 radical (unpaired) electrons. The van der Waals surface area contributed by atoms with E-state index in [9.17, 15) is 13.2 Å². The molecule has 21 heavy (non-hydrogen) atoms. The maximum absolute atomic E-state index is 12.8. The molecule has 1 N–H and O–H groups in total. The smallest absolute Gasteiger partial charge is 0.313 e. The number of alkyl halides is 3. The topological polar surface area (TPSA) is 15.3 Å². The van der Waals surface area contributed by atoms with Crippen molar-refractivity contribution in [3.8, 4) is 0 Å². The summed E-state index contributed by atoms with van der Waals surface area (Å²) in [6.45, 7) is 6.30. The van der Waals surface area contributed by atoms with Gasteiger partial charge in [0.05, 0.1) is 5.56 Å². The molecule has 0 aromatic heterocycles. The van der Waals surface area contributed by atoms with Gasteiger partial charge in [-0.3, -0.25) is 0 Å². The van der Waals surface area contributed by atoms with Crippen LogP contribution in [0.1, 0.15) is 37.8 Å². The Hall–Kier alpha value is -1.07. The lowest BCUT2D eigenvalue weighted by molar-refractivity contribution is -0.138. The highest BCUT2D eigenvalue weighted by molar-refractivity contribution is 5.29. The zero-order chi connectivity index (χ0) is 15.9. The molecule has 5 heteroatoms. The Morgan fingerprint density at radius 1 is 1.14 bits per heavy atom. The first-order valence-corrected chi connectivity index (χ1v) is 7.38. The fraction of sp³-hybridized carbons (Fsp3) is 0.625. The van der Waals surface area contributed by atoms with E-state index in [0.29, 0.717) is 11.6 Å². The monoisotopic (exact) mass is 302 g/mol. The van der Waals surface area contributed by atoms with E-state index in [2.05, 4.69) is 31.1 Å². The van der Waals surface area contributed by atoms with Gasteiger partial charge >= 0.3 is 6.18 Å². The number of nitrogens with zero attached hydrogens (tertiary/aromatic N) is 1. The van der Waals surface area contributed by atoms with Gasteiger partial charge in [-0.25, -0.2) is 0 Å². The van der Waals surface area contributed by atoms with Gasteiger partial charge in [-0.1, -0.05) is 18.2 Å². The average molecular weight is 302 g/mol. The van der Waals surface area contributed by atoms with E-state index >= 15 is 0 Å². The molecule has 0 saturated heterocycles. The SMILES string of the molecule is CC(C)N(C)CCCCNCc1ccccc1C(F)(F)F. The van der Waals surface area contributed by atoms with Crippen molar-refractivity contribution >= 4 is 0 Å². The molecule has 1 aromatic carbocycles. The molecule has 0 atom stereocenters. The molecule has 1 rings (SSSR count). The van der Waals surface area contributed by atoms with Crippen LogP contribution >= 0.6 is 0 Å². The summed E-state index contributed by atoms with van der Waals surface area (Å²) in [5.74, 6) is 0. The molecule has 0 aliphatic carbocycles. The molecule has 0 saturated carbocycles. The Morgan fingerprint density at radius 2 is 1.81 bits per heavy atom. The third-order valence-electron chi connectivity index (χ3n) is 3.63. The molecule has 0 amide bonds. The molecule has 0 unspecified atom stereocenters. The Morgan fingerprint density at radius 3 is 2.43 bits per heavy atom. The molecule has 0 heterocycles. The quantitative estimate of drug-likeness (QED) is 0.732. The number of rotatable bonds is 8. The van der Waals surface area contributed by atoms with E-state index in [1.165, 1.54) is 12.1 Å². The molecule has 0 fully saturated rings. The minimum atomic E-state index is -4.28. The zero-order valence-corrected chi connectivity index (χ0v) is 13.0. The maximum atomic E-state index is 12.8. The van der Waals surface area contributed by atoms with Crippen molar-refractivity contribution in [2.24, 2.45) is 0 Å². The van der Waals surface area contributed by atoms with Crippen molar-refractivity contribution in [3.05, 3.63) is 35.4 Å². The predicted molar refractivity (Wildman–Crippen MR) is 80.2 cm³/mol. The first-order chi connectivity index (χ1) is 9.82. The predicted octanol–water partition coefficient (Wildman–Crippen LogP) is 3.92. The number of nitrogens with one attached hydrogen (secondary N) is 1.